The summed E-state index contributed by atoms with van der Waals surface area (Å²) in [6, 6.07) is 0.0661. The third-order valence-electron chi connectivity index (χ3n) is 2.78. The molecule has 1 unspecified atom stereocenters. The number of rotatable bonds is 9. The van der Waals surface area contributed by atoms with Gasteiger partial charge >= 0.3 is 0 Å². The summed E-state index contributed by atoms with van der Waals surface area (Å²) in [5.41, 5.74) is 5.86. The maximum atomic E-state index is 11.4. The Kier molecular flexibility index (Phi) is 6.42. The number of amides is 1. The van der Waals surface area contributed by atoms with E-state index in [1.165, 1.54) is 12.8 Å². The van der Waals surface area contributed by atoms with Gasteiger partial charge in [0.05, 0.1) is 0 Å². The van der Waals surface area contributed by atoms with Crippen molar-refractivity contribution in [3.63, 3.8) is 0 Å². The molecule has 4 nitrogen and oxygen atoms in total. The van der Waals surface area contributed by atoms with Crippen molar-refractivity contribution in [2.45, 2.75) is 45.1 Å². The maximum absolute atomic E-state index is 11.4. The van der Waals surface area contributed by atoms with E-state index in [1.54, 1.807) is 0 Å². The van der Waals surface area contributed by atoms with Gasteiger partial charge < -0.3 is 15.8 Å². The zero-order valence-electron chi connectivity index (χ0n) is 10.2. The van der Waals surface area contributed by atoms with Crippen LogP contribution in [0, 0.1) is 5.92 Å². The highest BCUT2D eigenvalue weighted by molar-refractivity contribution is 5.76. The highest BCUT2D eigenvalue weighted by Crippen LogP contribution is 2.32. The fraction of sp³-hybridized carbons (Fsp3) is 0.917. The summed E-state index contributed by atoms with van der Waals surface area (Å²) in [4.78, 5) is 11.4. The third-order valence-corrected chi connectivity index (χ3v) is 2.78. The monoisotopic (exact) mass is 228 g/mol. The summed E-state index contributed by atoms with van der Waals surface area (Å²) in [6.45, 7) is 4.31. The molecule has 0 radical (unpaired) electrons. The van der Waals surface area contributed by atoms with Gasteiger partial charge in [0.2, 0.25) is 5.91 Å². The summed E-state index contributed by atoms with van der Waals surface area (Å²) >= 11 is 0. The van der Waals surface area contributed by atoms with Gasteiger partial charge in [-0.1, -0.05) is 6.92 Å². The predicted molar refractivity (Wildman–Crippen MR) is 64.1 cm³/mol. The van der Waals surface area contributed by atoms with E-state index >= 15 is 0 Å². The average Bonchev–Trinajstić information content (AvgIpc) is 3.06. The number of ether oxygens (including phenoxy) is 1. The number of hydrogen-bond donors (Lipinski definition) is 2. The fourth-order valence-corrected chi connectivity index (χ4v) is 1.63. The molecule has 0 saturated heterocycles. The number of hydrogen-bond acceptors (Lipinski definition) is 3. The molecule has 0 aromatic rings. The van der Waals surface area contributed by atoms with Gasteiger partial charge in [-0.3, -0.25) is 4.79 Å². The van der Waals surface area contributed by atoms with E-state index in [2.05, 4.69) is 12.2 Å². The van der Waals surface area contributed by atoms with Gasteiger partial charge in [0.15, 0.2) is 0 Å². The molecular formula is C12H24N2O2. The lowest BCUT2D eigenvalue weighted by atomic mass is 10.1. The molecule has 0 bridgehead atoms. The van der Waals surface area contributed by atoms with E-state index in [0.717, 1.165) is 26.1 Å². The topological polar surface area (TPSA) is 64.3 Å². The first-order valence-electron chi connectivity index (χ1n) is 6.34. The molecule has 0 aliphatic heterocycles. The predicted octanol–water partition coefficient (Wildman–Crippen LogP) is 1.05. The molecule has 1 atom stereocenters. The second-order valence-electron chi connectivity index (χ2n) is 4.52. The van der Waals surface area contributed by atoms with Crippen molar-refractivity contribution < 1.29 is 9.53 Å². The van der Waals surface area contributed by atoms with Crippen molar-refractivity contribution in [1.82, 2.24) is 5.32 Å². The molecule has 0 heterocycles. The maximum Gasteiger partial charge on any atom is 0.221 e. The van der Waals surface area contributed by atoms with Gasteiger partial charge in [0, 0.05) is 32.2 Å². The standard InChI is InChI=1S/C12H24N2O2/c1-2-7-16-8-3-6-14-12(15)9-11(13)10-4-5-10/h10-11H,2-9,13H2,1H3,(H,14,15). The molecule has 0 aromatic carbocycles. The van der Waals surface area contributed by atoms with Crippen LogP contribution in [-0.2, 0) is 9.53 Å². The first-order chi connectivity index (χ1) is 7.74. The Bertz CT molecular complexity index is 205. The molecule has 1 aliphatic carbocycles. The van der Waals surface area contributed by atoms with E-state index in [1.807, 2.05) is 0 Å². The molecule has 1 saturated carbocycles. The second-order valence-corrected chi connectivity index (χ2v) is 4.52. The van der Waals surface area contributed by atoms with E-state index in [9.17, 15) is 4.79 Å². The summed E-state index contributed by atoms with van der Waals surface area (Å²) in [6.07, 6.45) is 4.78. The fourth-order valence-electron chi connectivity index (χ4n) is 1.63. The normalized spacial score (nSPS) is 17.1. The SMILES string of the molecule is CCCOCCCNC(=O)CC(N)C1CC1. The van der Waals surface area contributed by atoms with Crippen molar-refractivity contribution in [2.75, 3.05) is 19.8 Å². The van der Waals surface area contributed by atoms with Crippen LogP contribution >= 0.6 is 0 Å². The number of nitrogens with one attached hydrogen (secondary N) is 1. The number of nitrogens with two attached hydrogens (primary N) is 1. The lowest BCUT2D eigenvalue weighted by Gasteiger charge is -2.10. The van der Waals surface area contributed by atoms with E-state index in [4.69, 9.17) is 10.5 Å². The lowest BCUT2D eigenvalue weighted by Crippen LogP contribution is -2.33. The van der Waals surface area contributed by atoms with Crippen LogP contribution in [0.1, 0.15) is 39.0 Å². The first kappa shape index (κ1) is 13.5. The third kappa shape index (κ3) is 6.08. The Morgan fingerprint density at radius 1 is 1.50 bits per heavy atom. The van der Waals surface area contributed by atoms with Crippen LogP contribution in [0.5, 0.6) is 0 Å². The van der Waals surface area contributed by atoms with Gasteiger partial charge in [-0.15, -0.1) is 0 Å². The molecule has 0 aromatic heterocycles. The van der Waals surface area contributed by atoms with Crippen molar-refractivity contribution in [2.24, 2.45) is 11.7 Å². The Morgan fingerprint density at radius 2 is 2.25 bits per heavy atom. The van der Waals surface area contributed by atoms with Crippen LogP contribution in [0.3, 0.4) is 0 Å². The van der Waals surface area contributed by atoms with E-state index < -0.39 is 0 Å². The highest BCUT2D eigenvalue weighted by Gasteiger charge is 2.29. The Labute approximate surface area is 97.9 Å². The second kappa shape index (κ2) is 7.63. The summed E-state index contributed by atoms with van der Waals surface area (Å²) in [5.74, 6) is 0.675. The Hall–Kier alpha value is -0.610. The molecule has 16 heavy (non-hydrogen) atoms. The minimum atomic E-state index is 0.0661. The highest BCUT2D eigenvalue weighted by atomic mass is 16.5. The molecule has 1 aliphatic rings. The largest absolute Gasteiger partial charge is 0.381 e. The van der Waals surface area contributed by atoms with Crippen molar-refractivity contribution in [3.05, 3.63) is 0 Å². The molecule has 1 amide bonds. The minimum Gasteiger partial charge on any atom is -0.381 e. The van der Waals surface area contributed by atoms with Gasteiger partial charge in [0.1, 0.15) is 0 Å². The quantitative estimate of drug-likeness (QED) is 0.580. The molecule has 4 heteroatoms. The van der Waals surface area contributed by atoms with Crippen LogP contribution in [0.4, 0.5) is 0 Å². The molecule has 3 N–H and O–H groups in total. The van der Waals surface area contributed by atoms with Crippen LogP contribution < -0.4 is 11.1 Å². The molecule has 1 rings (SSSR count). The van der Waals surface area contributed by atoms with Crippen molar-refractivity contribution in [1.29, 1.82) is 0 Å². The van der Waals surface area contributed by atoms with E-state index in [0.29, 0.717) is 18.9 Å². The number of carbonyl (C=O) groups is 1. The van der Waals surface area contributed by atoms with Gasteiger partial charge in [-0.2, -0.15) is 0 Å². The lowest BCUT2D eigenvalue weighted by molar-refractivity contribution is -0.121. The van der Waals surface area contributed by atoms with Crippen LogP contribution in [0.15, 0.2) is 0 Å². The molecular weight excluding hydrogens is 204 g/mol. The van der Waals surface area contributed by atoms with Gasteiger partial charge in [-0.25, -0.2) is 0 Å². The molecule has 94 valence electrons. The van der Waals surface area contributed by atoms with Crippen molar-refractivity contribution >= 4 is 5.91 Å². The summed E-state index contributed by atoms with van der Waals surface area (Å²) in [7, 11) is 0. The molecule has 1 fully saturated rings. The zero-order valence-corrected chi connectivity index (χ0v) is 10.2. The van der Waals surface area contributed by atoms with Crippen molar-refractivity contribution in [3.8, 4) is 0 Å². The van der Waals surface area contributed by atoms with Crippen LogP contribution in [0.2, 0.25) is 0 Å². The summed E-state index contributed by atoms with van der Waals surface area (Å²) in [5, 5.41) is 2.87. The first-order valence-corrected chi connectivity index (χ1v) is 6.34. The smallest absolute Gasteiger partial charge is 0.221 e. The van der Waals surface area contributed by atoms with Crippen LogP contribution in [-0.4, -0.2) is 31.7 Å². The summed E-state index contributed by atoms with van der Waals surface area (Å²) < 4.78 is 5.32. The van der Waals surface area contributed by atoms with Gasteiger partial charge in [-0.05, 0) is 31.6 Å². The molecule has 0 spiro atoms. The Morgan fingerprint density at radius 3 is 2.88 bits per heavy atom. The van der Waals surface area contributed by atoms with E-state index in [-0.39, 0.29) is 11.9 Å². The Balaban J connectivity index is 1.89. The number of carbonyl (C=O) groups excluding carboxylic acids is 1. The van der Waals surface area contributed by atoms with Gasteiger partial charge in [0.25, 0.3) is 0 Å². The zero-order chi connectivity index (χ0) is 11.8. The van der Waals surface area contributed by atoms with Crippen LogP contribution in [0.25, 0.3) is 0 Å². The minimum absolute atomic E-state index is 0.0661. The average molecular weight is 228 g/mol.